The summed E-state index contributed by atoms with van der Waals surface area (Å²) in [5.41, 5.74) is 0.521. The van der Waals surface area contributed by atoms with Crippen LogP contribution in [0.2, 0.25) is 0 Å². The normalized spacial score (nSPS) is 14.7. The fraction of sp³-hybridized carbons (Fsp3) is 0.474. The summed E-state index contributed by atoms with van der Waals surface area (Å²) in [7, 11) is 1.52. The lowest BCUT2D eigenvalue weighted by atomic mass is 10.1. The maximum atomic E-state index is 12.2. The van der Waals surface area contributed by atoms with Crippen molar-refractivity contribution in [3.8, 4) is 5.75 Å². The van der Waals surface area contributed by atoms with Gasteiger partial charge in [-0.3, -0.25) is 9.59 Å². The lowest BCUT2D eigenvalue weighted by molar-refractivity contribution is -0.136. The molecule has 1 aliphatic rings. The molecule has 1 aliphatic heterocycles. The van der Waals surface area contributed by atoms with Crippen LogP contribution in [-0.4, -0.2) is 59.8 Å². The zero-order valence-electron chi connectivity index (χ0n) is 16.0. The number of aromatic nitrogens is 2. The Balaban J connectivity index is 1.45. The van der Waals surface area contributed by atoms with Gasteiger partial charge in [0.05, 0.1) is 6.54 Å². The Labute approximate surface area is 163 Å². The molecular weight excluding hydrogens is 364 g/mol. The number of carbonyl (C=O) groups is 2. The van der Waals surface area contributed by atoms with Crippen molar-refractivity contribution in [1.29, 1.82) is 0 Å². The lowest BCUT2D eigenvalue weighted by Crippen LogP contribution is -2.43. The number of ether oxygens (including phenoxy) is 2. The molecule has 3 rings (SSSR count). The van der Waals surface area contributed by atoms with E-state index in [9.17, 15) is 9.59 Å². The number of carbonyl (C=O) groups excluding carboxylic acids is 2. The predicted octanol–water partition coefficient (Wildman–Crippen LogP) is 1.32. The van der Waals surface area contributed by atoms with Gasteiger partial charge in [0, 0.05) is 45.5 Å². The molecule has 2 heterocycles. The van der Waals surface area contributed by atoms with Gasteiger partial charge in [-0.2, -0.15) is 4.98 Å². The predicted molar refractivity (Wildman–Crippen MR) is 98.8 cm³/mol. The molecular formula is C19H24N4O5. The summed E-state index contributed by atoms with van der Waals surface area (Å²) in [6, 6.07) is 6.97. The monoisotopic (exact) mass is 388 g/mol. The summed E-state index contributed by atoms with van der Waals surface area (Å²) < 4.78 is 15.7. The van der Waals surface area contributed by atoms with E-state index in [2.05, 4.69) is 15.5 Å². The average Bonchev–Trinajstić information content (AvgIpc) is 3.13. The highest BCUT2D eigenvalue weighted by Crippen LogP contribution is 2.20. The lowest BCUT2D eigenvalue weighted by Gasteiger charge is -2.32. The van der Waals surface area contributed by atoms with Gasteiger partial charge in [-0.05, 0) is 24.3 Å². The van der Waals surface area contributed by atoms with Crippen LogP contribution < -0.4 is 10.1 Å². The topological polar surface area (TPSA) is 107 Å². The number of methoxy groups -OCH3 is 1. The quantitative estimate of drug-likeness (QED) is 0.762. The minimum atomic E-state index is -0.223. The van der Waals surface area contributed by atoms with Gasteiger partial charge >= 0.3 is 0 Å². The molecule has 1 N–H and O–H groups in total. The van der Waals surface area contributed by atoms with Gasteiger partial charge in [0.2, 0.25) is 11.8 Å². The molecule has 150 valence electrons. The van der Waals surface area contributed by atoms with E-state index in [-0.39, 0.29) is 31.1 Å². The molecule has 1 aromatic heterocycles. The number of likely N-dealkylation sites (tertiary alicyclic amines) is 1. The zero-order chi connectivity index (χ0) is 19.9. The van der Waals surface area contributed by atoms with Crippen LogP contribution in [0.3, 0.4) is 0 Å². The van der Waals surface area contributed by atoms with Crippen LogP contribution in [0.5, 0.6) is 5.75 Å². The van der Waals surface area contributed by atoms with Gasteiger partial charge in [-0.25, -0.2) is 0 Å². The fourth-order valence-corrected chi connectivity index (χ4v) is 2.99. The maximum Gasteiger partial charge on any atom is 0.251 e. The van der Waals surface area contributed by atoms with Gasteiger partial charge in [0.25, 0.3) is 5.91 Å². The number of rotatable bonds is 7. The highest BCUT2D eigenvalue weighted by atomic mass is 16.5. The Morgan fingerprint density at radius 3 is 2.57 bits per heavy atom. The number of hydrogen-bond acceptors (Lipinski definition) is 7. The number of amides is 2. The second kappa shape index (κ2) is 9.32. The first kappa shape index (κ1) is 19.8. The number of piperidine rings is 1. The molecule has 1 saturated heterocycles. The van der Waals surface area contributed by atoms with E-state index < -0.39 is 0 Å². The minimum Gasteiger partial charge on any atom is -0.490 e. The Hall–Kier alpha value is -2.94. The van der Waals surface area contributed by atoms with Gasteiger partial charge in [0.1, 0.15) is 18.5 Å². The minimum absolute atomic E-state index is 0.00676. The number of hydrogen-bond donors (Lipinski definition) is 1. The highest BCUT2D eigenvalue weighted by Gasteiger charge is 2.23. The number of benzene rings is 1. The highest BCUT2D eigenvalue weighted by molar-refractivity contribution is 5.94. The number of aryl methyl sites for hydroxylation is 1. The van der Waals surface area contributed by atoms with Crippen molar-refractivity contribution in [1.82, 2.24) is 20.4 Å². The van der Waals surface area contributed by atoms with E-state index in [1.165, 1.54) is 7.11 Å². The van der Waals surface area contributed by atoms with Crippen molar-refractivity contribution in [2.24, 2.45) is 0 Å². The van der Waals surface area contributed by atoms with E-state index in [1.54, 1.807) is 36.1 Å². The van der Waals surface area contributed by atoms with Crippen LogP contribution in [0.15, 0.2) is 28.8 Å². The van der Waals surface area contributed by atoms with Crippen molar-refractivity contribution in [2.45, 2.75) is 32.4 Å². The molecule has 0 unspecified atom stereocenters. The summed E-state index contributed by atoms with van der Waals surface area (Å²) in [6.07, 6.45) is 1.58. The van der Waals surface area contributed by atoms with E-state index in [1.807, 2.05) is 0 Å². The Bertz CT molecular complexity index is 797. The van der Waals surface area contributed by atoms with E-state index in [0.29, 0.717) is 36.1 Å². The SMILES string of the molecule is COCC(=O)N1CCC(Oc2ccc(C(=O)NCc3noc(C)n3)cc2)CC1. The number of nitrogens with zero attached hydrogens (tertiary/aromatic N) is 3. The van der Waals surface area contributed by atoms with Crippen molar-refractivity contribution in [3.05, 3.63) is 41.5 Å². The van der Waals surface area contributed by atoms with E-state index >= 15 is 0 Å². The zero-order valence-corrected chi connectivity index (χ0v) is 16.0. The van der Waals surface area contributed by atoms with Gasteiger partial charge in [0.15, 0.2) is 5.82 Å². The third kappa shape index (κ3) is 5.29. The molecule has 9 nitrogen and oxygen atoms in total. The molecule has 0 saturated carbocycles. The van der Waals surface area contributed by atoms with Crippen LogP contribution >= 0.6 is 0 Å². The fourth-order valence-electron chi connectivity index (χ4n) is 2.99. The van der Waals surface area contributed by atoms with Crippen LogP contribution in [0.25, 0.3) is 0 Å². The van der Waals surface area contributed by atoms with Crippen LogP contribution in [-0.2, 0) is 16.1 Å². The molecule has 1 fully saturated rings. The van der Waals surface area contributed by atoms with Crippen LogP contribution in [0.4, 0.5) is 0 Å². The summed E-state index contributed by atoms with van der Waals surface area (Å²) in [5, 5.41) is 6.48. The molecule has 2 aromatic rings. The first-order valence-corrected chi connectivity index (χ1v) is 9.16. The van der Waals surface area contributed by atoms with Gasteiger partial charge in [-0.1, -0.05) is 5.16 Å². The summed E-state index contributed by atoms with van der Waals surface area (Å²) in [5.74, 6) is 1.37. The van der Waals surface area contributed by atoms with E-state index in [0.717, 1.165) is 12.8 Å². The third-order valence-corrected chi connectivity index (χ3v) is 4.46. The summed E-state index contributed by atoms with van der Waals surface area (Å²) >= 11 is 0. The number of nitrogens with one attached hydrogen (secondary N) is 1. The van der Waals surface area contributed by atoms with Crippen LogP contribution in [0.1, 0.15) is 34.9 Å². The Morgan fingerprint density at radius 2 is 1.96 bits per heavy atom. The largest absolute Gasteiger partial charge is 0.490 e. The Morgan fingerprint density at radius 1 is 1.25 bits per heavy atom. The molecule has 0 spiro atoms. The Kier molecular flexibility index (Phi) is 6.59. The van der Waals surface area contributed by atoms with Crippen molar-refractivity contribution in [2.75, 3.05) is 26.8 Å². The van der Waals surface area contributed by atoms with Crippen LogP contribution in [0, 0.1) is 6.92 Å². The van der Waals surface area contributed by atoms with Crippen molar-refractivity contribution >= 4 is 11.8 Å². The first-order valence-electron chi connectivity index (χ1n) is 9.16. The van der Waals surface area contributed by atoms with Crippen molar-refractivity contribution in [3.63, 3.8) is 0 Å². The molecule has 0 radical (unpaired) electrons. The van der Waals surface area contributed by atoms with E-state index in [4.69, 9.17) is 14.0 Å². The molecule has 0 atom stereocenters. The smallest absolute Gasteiger partial charge is 0.251 e. The molecule has 1 aromatic carbocycles. The molecule has 0 bridgehead atoms. The summed E-state index contributed by atoms with van der Waals surface area (Å²) in [4.78, 5) is 29.8. The molecule has 2 amide bonds. The third-order valence-electron chi connectivity index (χ3n) is 4.46. The van der Waals surface area contributed by atoms with Gasteiger partial charge in [-0.15, -0.1) is 0 Å². The summed E-state index contributed by atoms with van der Waals surface area (Å²) in [6.45, 7) is 3.32. The maximum absolute atomic E-state index is 12.2. The second-order valence-electron chi connectivity index (χ2n) is 6.57. The molecule has 9 heteroatoms. The van der Waals surface area contributed by atoms with Crippen molar-refractivity contribution < 1.29 is 23.6 Å². The second-order valence-corrected chi connectivity index (χ2v) is 6.57. The molecule has 0 aliphatic carbocycles. The first-order chi connectivity index (χ1) is 13.5. The van der Waals surface area contributed by atoms with Gasteiger partial charge < -0.3 is 24.2 Å². The standard InChI is InChI=1S/C19H24N4O5/c1-13-21-17(22-28-13)11-20-19(25)14-3-5-15(6-4-14)27-16-7-9-23(10-8-16)18(24)12-26-2/h3-6,16H,7-12H2,1-2H3,(H,20,25). The average molecular weight is 388 g/mol. The molecule has 28 heavy (non-hydrogen) atoms.